The van der Waals surface area contributed by atoms with E-state index in [1.807, 2.05) is 6.92 Å². The normalized spacial score (nSPS) is 23.4. The number of benzene rings is 1. The van der Waals surface area contributed by atoms with Crippen molar-refractivity contribution in [3.05, 3.63) is 35.6 Å². The van der Waals surface area contributed by atoms with Crippen LogP contribution in [0.15, 0.2) is 29.3 Å². The molecule has 3 amide bonds. The second-order valence-corrected chi connectivity index (χ2v) is 9.37. The van der Waals surface area contributed by atoms with Gasteiger partial charge in [-0.3, -0.25) is 24.1 Å². The molecule has 0 aliphatic carbocycles. The van der Waals surface area contributed by atoms with E-state index in [-0.39, 0.29) is 26.2 Å². The van der Waals surface area contributed by atoms with Gasteiger partial charge in [0, 0.05) is 27.2 Å². The van der Waals surface area contributed by atoms with Gasteiger partial charge in [0.1, 0.15) is 12.0 Å². The van der Waals surface area contributed by atoms with Gasteiger partial charge in [0.25, 0.3) is 11.8 Å². The topological polar surface area (TPSA) is 132 Å². The van der Waals surface area contributed by atoms with Gasteiger partial charge >= 0.3 is 0 Å². The lowest BCUT2D eigenvalue weighted by Crippen LogP contribution is -2.60. The Labute approximate surface area is 215 Å². The van der Waals surface area contributed by atoms with Crippen molar-refractivity contribution >= 4 is 29.2 Å². The van der Waals surface area contributed by atoms with Gasteiger partial charge in [-0.05, 0) is 37.6 Å². The zero-order valence-corrected chi connectivity index (χ0v) is 21.5. The van der Waals surface area contributed by atoms with E-state index in [0.717, 1.165) is 0 Å². The highest BCUT2D eigenvalue weighted by molar-refractivity contribution is 6.66. The fourth-order valence-electron chi connectivity index (χ4n) is 4.44. The van der Waals surface area contributed by atoms with Crippen LogP contribution < -0.4 is 5.32 Å². The first-order chi connectivity index (χ1) is 17.5. The highest BCUT2D eigenvalue weighted by Crippen LogP contribution is 2.26. The largest absolute Gasteiger partial charge is 0.379 e. The monoisotopic (exact) mass is 519 g/mol. The number of fused-ring (bicyclic) bond motifs is 1. The number of ketones is 1. The molecule has 2 N–H and O–H groups in total. The minimum absolute atomic E-state index is 0.0263. The van der Waals surface area contributed by atoms with Crippen LogP contribution in [0.2, 0.25) is 0 Å². The second-order valence-electron chi connectivity index (χ2n) is 9.37. The summed E-state index contributed by atoms with van der Waals surface area (Å²) in [5, 5.41) is 13.4. The molecular formula is C25H34FN5O6. The molecule has 1 fully saturated rings. The number of carbonyl (C=O) groups excluding carboxylic acids is 4. The third kappa shape index (κ3) is 6.56. The standard InChI is InChI=1S/C25H34FN5O6/c1-5-17-14-37-11-10-18(30(4)25(36)24(35)29(2)3)22-28-21(19(32)12-20(33)31(17)22)23(34)27-13-15-6-8-16(26)9-7-15/h6-9,17-18,22,25,36H,5,10-14H2,1-4H3,(H,27,34). The minimum atomic E-state index is -1.54. The number of aliphatic imine (C=N–C) groups is 1. The molecule has 2 heterocycles. The molecule has 3 rings (SSSR count). The summed E-state index contributed by atoms with van der Waals surface area (Å²) in [4.78, 5) is 60.5. The Kier molecular flexibility index (Phi) is 9.46. The Morgan fingerprint density at radius 2 is 1.92 bits per heavy atom. The van der Waals surface area contributed by atoms with Gasteiger partial charge in [-0.1, -0.05) is 19.1 Å². The number of aliphatic hydroxyl groups excluding tert-OH is 1. The second kappa shape index (κ2) is 12.3. The molecule has 2 aliphatic rings. The SMILES string of the molecule is CCC1COCCC(N(C)C(O)C(=O)N(C)C)C2N=C(C(=O)NCc3ccc(F)cc3)C(=O)CC(=O)N12. The number of aliphatic hydroxyl groups is 1. The highest BCUT2D eigenvalue weighted by atomic mass is 19.1. The Bertz CT molecular complexity index is 1050. The van der Waals surface area contributed by atoms with Gasteiger partial charge in [-0.25, -0.2) is 9.38 Å². The molecule has 11 nitrogen and oxygen atoms in total. The smallest absolute Gasteiger partial charge is 0.273 e. The van der Waals surface area contributed by atoms with Crippen molar-refractivity contribution < 1.29 is 33.4 Å². The Morgan fingerprint density at radius 3 is 2.54 bits per heavy atom. The molecule has 0 radical (unpaired) electrons. The maximum absolute atomic E-state index is 13.3. The van der Waals surface area contributed by atoms with Crippen LogP contribution in [0.5, 0.6) is 0 Å². The van der Waals surface area contributed by atoms with Crippen LogP contribution in [0, 0.1) is 5.82 Å². The van der Waals surface area contributed by atoms with Crippen molar-refractivity contribution in [3.8, 4) is 0 Å². The quantitative estimate of drug-likeness (QED) is 0.380. The summed E-state index contributed by atoms with van der Waals surface area (Å²) in [7, 11) is 4.55. The number of halogens is 1. The first-order valence-electron chi connectivity index (χ1n) is 12.2. The zero-order chi connectivity index (χ0) is 27.3. The van der Waals surface area contributed by atoms with Crippen molar-refractivity contribution in [2.75, 3.05) is 34.4 Å². The fourth-order valence-corrected chi connectivity index (χ4v) is 4.44. The van der Waals surface area contributed by atoms with Gasteiger partial charge in [0.05, 0.1) is 25.1 Å². The third-order valence-electron chi connectivity index (χ3n) is 6.64. The Balaban J connectivity index is 1.98. The predicted molar refractivity (Wildman–Crippen MR) is 132 cm³/mol. The average Bonchev–Trinajstić information content (AvgIpc) is 2.98. The van der Waals surface area contributed by atoms with E-state index in [1.54, 1.807) is 0 Å². The molecule has 1 saturated heterocycles. The Hall–Kier alpha value is -3.22. The summed E-state index contributed by atoms with van der Waals surface area (Å²) in [6.07, 6.45) is -2.32. The van der Waals surface area contributed by atoms with Crippen molar-refractivity contribution in [2.24, 2.45) is 4.99 Å². The highest BCUT2D eigenvalue weighted by Gasteiger charge is 2.44. The number of likely N-dealkylation sites (N-methyl/N-ethyl adjacent to an activating group) is 2. The predicted octanol–water partition coefficient (Wildman–Crippen LogP) is -0.0837. The molecule has 4 unspecified atom stereocenters. The molecule has 2 aliphatic heterocycles. The molecule has 0 aromatic heterocycles. The number of hydrogen-bond donors (Lipinski definition) is 2. The first kappa shape index (κ1) is 28.4. The van der Waals surface area contributed by atoms with Crippen LogP contribution in [-0.4, -0.2) is 108 Å². The molecule has 4 atom stereocenters. The minimum Gasteiger partial charge on any atom is -0.379 e. The van der Waals surface area contributed by atoms with Crippen LogP contribution in [-0.2, 0) is 30.5 Å². The van der Waals surface area contributed by atoms with E-state index in [0.29, 0.717) is 12.0 Å². The van der Waals surface area contributed by atoms with E-state index in [2.05, 4.69) is 10.3 Å². The summed E-state index contributed by atoms with van der Waals surface area (Å²) in [5.41, 5.74) is 0.206. The number of carbonyl (C=O) groups is 4. The van der Waals surface area contributed by atoms with E-state index in [9.17, 15) is 28.7 Å². The van der Waals surface area contributed by atoms with Gasteiger partial charge in [0.2, 0.25) is 5.91 Å². The molecule has 202 valence electrons. The van der Waals surface area contributed by atoms with E-state index in [1.165, 1.54) is 60.1 Å². The van der Waals surface area contributed by atoms with Crippen LogP contribution in [0.25, 0.3) is 0 Å². The number of rotatable bonds is 7. The van der Waals surface area contributed by atoms with E-state index >= 15 is 0 Å². The van der Waals surface area contributed by atoms with Gasteiger partial charge in [-0.2, -0.15) is 0 Å². The van der Waals surface area contributed by atoms with Crippen molar-refractivity contribution in [1.82, 2.24) is 20.0 Å². The summed E-state index contributed by atoms with van der Waals surface area (Å²) in [6.45, 7) is 2.39. The molecule has 37 heavy (non-hydrogen) atoms. The summed E-state index contributed by atoms with van der Waals surface area (Å²) in [5.74, 6) is -2.98. The maximum Gasteiger partial charge on any atom is 0.273 e. The van der Waals surface area contributed by atoms with Crippen molar-refractivity contribution in [2.45, 2.75) is 57.2 Å². The Morgan fingerprint density at radius 1 is 1.24 bits per heavy atom. The lowest BCUT2D eigenvalue weighted by atomic mass is 10.0. The van der Waals surface area contributed by atoms with E-state index < -0.39 is 65.9 Å². The first-order valence-corrected chi connectivity index (χ1v) is 12.2. The summed E-state index contributed by atoms with van der Waals surface area (Å²) < 4.78 is 18.9. The average molecular weight is 520 g/mol. The van der Waals surface area contributed by atoms with Gasteiger partial charge in [-0.15, -0.1) is 0 Å². The van der Waals surface area contributed by atoms with Crippen molar-refractivity contribution in [1.29, 1.82) is 0 Å². The van der Waals surface area contributed by atoms with Crippen molar-refractivity contribution in [3.63, 3.8) is 0 Å². The fraction of sp³-hybridized carbons (Fsp3) is 0.560. The van der Waals surface area contributed by atoms with Crippen LogP contribution in [0.3, 0.4) is 0 Å². The van der Waals surface area contributed by atoms with Gasteiger partial charge in [0.15, 0.2) is 17.7 Å². The van der Waals surface area contributed by atoms with Crippen LogP contribution >= 0.6 is 0 Å². The molecule has 1 aromatic rings. The number of nitrogens with one attached hydrogen (secondary N) is 1. The molecular weight excluding hydrogens is 485 g/mol. The summed E-state index contributed by atoms with van der Waals surface area (Å²) in [6, 6.07) is 4.37. The number of ether oxygens (including phenoxy) is 1. The molecule has 0 spiro atoms. The zero-order valence-electron chi connectivity index (χ0n) is 21.5. The maximum atomic E-state index is 13.3. The molecule has 12 heteroatoms. The number of hydrogen-bond acceptors (Lipinski definition) is 8. The lowest BCUT2D eigenvalue weighted by Gasteiger charge is -2.44. The molecule has 0 saturated carbocycles. The summed E-state index contributed by atoms with van der Waals surface area (Å²) >= 11 is 0. The van der Waals surface area contributed by atoms with E-state index in [4.69, 9.17) is 4.74 Å². The van der Waals surface area contributed by atoms with Crippen LogP contribution in [0.4, 0.5) is 4.39 Å². The molecule has 1 aromatic carbocycles. The number of Topliss-reactive ketones (excluding diaryl/α,β-unsaturated/α-hetero) is 1. The molecule has 0 bridgehead atoms. The number of amides is 3. The van der Waals surface area contributed by atoms with Gasteiger partial charge < -0.3 is 25.0 Å². The third-order valence-corrected chi connectivity index (χ3v) is 6.64. The lowest BCUT2D eigenvalue weighted by molar-refractivity contribution is -0.155. The van der Waals surface area contributed by atoms with Crippen LogP contribution in [0.1, 0.15) is 31.7 Å². The number of nitrogens with zero attached hydrogens (tertiary/aromatic N) is 4.